The molecule has 2 aliphatic rings. The highest BCUT2D eigenvalue weighted by atomic mass is 16.4. The fourth-order valence-corrected chi connectivity index (χ4v) is 2.29. The zero-order valence-corrected chi connectivity index (χ0v) is 7.70. The first-order chi connectivity index (χ1) is 6.27. The number of aliphatic carboxylic acids is 1. The minimum atomic E-state index is -0.707. The summed E-state index contributed by atoms with van der Waals surface area (Å²) in [5.74, 6) is -0.707. The van der Waals surface area contributed by atoms with Gasteiger partial charge in [0.25, 0.3) is 0 Å². The van der Waals surface area contributed by atoms with Crippen LogP contribution in [0.4, 0.5) is 0 Å². The van der Waals surface area contributed by atoms with Gasteiger partial charge in [-0.1, -0.05) is 0 Å². The molecule has 0 bridgehead atoms. The predicted octanol–water partition coefficient (Wildman–Crippen LogP) is -0.103. The number of carboxylic acid groups (broad SMARTS) is 1. The van der Waals surface area contributed by atoms with Gasteiger partial charge in [0.2, 0.25) is 0 Å². The van der Waals surface area contributed by atoms with Gasteiger partial charge >= 0.3 is 5.97 Å². The maximum atomic E-state index is 10.7. The van der Waals surface area contributed by atoms with Crippen LogP contribution in [0.5, 0.6) is 0 Å². The molecule has 2 N–H and O–H groups in total. The van der Waals surface area contributed by atoms with Crippen LogP contribution in [0.15, 0.2) is 0 Å². The lowest BCUT2D eigenvalue weighted by Crippen LogP contribution is -2.34. The number of likely N-dealkylation sites (tertiary alicyclic amines) is 1. The highest BCUT2D eigenvalue weighted by molar-refractivity contribution is 5.73. The van der Waals surface area contributed by atoms with E-state index in [1.807, 2.05) is 0 Å². The Hall–Kier alpha value is -0.610. The van der Waals surface area contributed by atoms with E-state index in [1.165, 1.54) is 12.8 Å². The minimum Gasteiger partial charge on any atom is -0.480 e. The number of rotatable bonds is 2. The van der Waals surface area contributed by atoms with Crippen LogP contribution in [0.1, 0.15) is 19.3 Å². The second kappa shape index (κ2) is 3.64. The van der Waals surface area contributed by atoms with Gasteiger partial charge in [-0.25, -0.2) is 0 Å². The molecule has 4 nitrogen and oxygen atoms in total. The summed E-state index contributed by atoms with van der Waals surface area (Å²) in [7, 11) is 0. The van der Waals surface area contributed by atoms with E-state index in [0.717, 1.165) is 26.1 Å². The van der Waals surface area contributed by atoms with Crippen LogP contribution < -0.4 is 5.32 Å². The lowest BCUT2D eigenvalue weighted by Gasteiger charge is -2.21. The zero-order valence-electron chi connectivity index (χ0n) is 7.70. The van der Waals surface area contributed by atoms with E-state index >= 15 is 0 Å². The van der Waals surface area contributed by atoms with E-state index in [1.54, 1.807) is 0 Å². The fraction of sp³-hybridized carbons (Fsp3) is 0.889. The third-order valence-corrected chi connectivity index (χ3v) is 3.06. The van der Waals surface area contributed by atoms with Crippen molar-refractivity contribution < 1.29 is 9.90 Å². The topological polar surface area (TPSA) is 52.6 Å². The molecule has 2 heterocycles. The molecule has 0 radical (unpaired) electrons. The van der Waals surface area contributed by atoms with E-state index in [4.69, 9.17) is 5.11 Å². The van der Waals surface area contributed by atoms with Gasteiger partial charge in [0.15, 0.2) is 0 Å². The summed E-state index contributed by atoms with van der Waals surface area (Å²) >= 11 is 0. The quantitative estimate of drug-likeness (QED) is 0.629. The second-order valence-electron chi connectivity index (χ2n) is 3.93. The SMILES string of the molecule is O=C(O)[C@@H]1C[C@H](N2CCCC2)CN1. The van der Waals surface area contributed by atoms with Crippen molar-refractivity contribution in [3.63, 3.8) is 0 Å². The number of nitrogens with one attached hydrogen (secondary N) is 1. The molecule has 0 aromatic rings. The van der Waals surface area contributed by atoms with Gasteiger partial charge in [-0.2, -0.15) is 0 Å². The highest BCUT2D eigenvalue weighted by Gasteiger charge is 2.33. The summed E-state index contributed by atoms with van der Waals surface area (Å²) in [5.41, 5.74) is 0. The molecular formula is C9H16N2O2. The van der Waals surface area contributed by atoms with Crippen molar-refractivity contribution in [2.75, 3.05) is 19.6 Å². The molecule has 0 amide bonds. The summed E-state index contributed by atoms with van der Waals surface area (Å²) < 4.78 is 0. The molecule has 13 heavy (non-hydrogen) atoms. The molecular weight excluding hydrogens is 168 g/mol. The van der Waals surface area contributed by atoms with Crippen LogP contribution >= 0.6 is 0 Å². The van der Waals surface area contributed by atoms with Crippen molar-refractivity contribution in [2.24, 2.45) is 0 Å². The van der Waals surface area contributed by atoms with Crippen LogP contribution in [0.25, 0.3) is 0 Å². The smallest absolute Gasteiger partial charge is 0.320 e. The first kappa shape index (κ1) is 8.97. The molecule has 2 saturated heterocycles. The summed E-state index contributed by atoms with van der Waals surface area (Å²) in [4.78, 5) is 13.1. The molecule has 2 rings (SSSR count). The van der Waals surface area contributed by atoms with Crippen molar-refractivity contribution >= 4 is 5.97 Å². The summed E-state index contributed by atoms with van der Waals surface area (Å²) in [6, 6.07) is 0.147. The normalized spacial score (nSPS) is 35.4. The molecule has 4 heteroatoms. The number of hydrogen-bond acceptors (Lipinski definition) is 3. The molecule has 0 aliphatic carbocycles. The summed E-state index contributed by atoms with van der Waals surface area (Å²) in [6.45, 7) is 3.15. The van der Waals surface area contributed by atoms with E-state index in [2.05, 4.69) is 10.2 Å². The lowest BCUT2D eigenvalue weighted by molar-refractivity contribution is -0.139. The van der Waals surface area contributed by atoms with Crippen LogP contribution in [0, 0.1) is 0 Å². The Morgan fingerprint density at radius 2 is 2.08 bits per heavy atom. The number of carboxylic acids is 1. The first-order valence-corrected chi connectivity index (χ1v) is 4.97. The van der Waals surface area contributed by atoms with Crippen molar-refractivity contribution in [1.29, 1.82) is 0 Å². The summed E-state index contributed by atoms with van der Waals surface area (Å²) in [5, 5.41) is 11.8. The predicted molar refractivity (Wildman–Crippen MR) is 48.6 cm³/mol. The Morgan fingerprint density at radius 3 is 2.62 bits per heavy atom. The molecule has 74 valence electrons. The Morgan fingerprint density at radius 1 is 1.38 bits per heavy atom. The monoisotopic (exact) mass is 184 g/mol. The molecule has 0 spiro atoms. The minimum absolute atomic E-state index is 0.314. The van der Waals surface area contributed by atoms with Gasteiger partial charge in [-0.15, -0.1) is 0 Å². The van der Waals surface area contributed by atoms with Crippen molar-refractivity contribution in [2.45, 2.75) is 31.3 Å². The third-order valence-electron chi connectivity index (χ3n) is 3.06. The maximum absolute atomic E-state index is 10.7. The largest absolute Gasteiger partial charge is 0.480 e. The van der Waals surface area contributed by atoms with Gasteiger partial charge < -0.3 is 10.4 Å². The van der Waals surface area contributed by atoms with Crippen molar-refractivity contribution in [3.05, 3.63) is 0 Å². The molecule has 2 aliphatic heterocycles. The Bertz CT molecular complexity index is 202. The average molecular weight is 184 g/mol. The molecule has 0 saturated carbocycles. The van der Waals surface area contributed by atoms with E-state index in [9.17, 15) is 4.79 Å². The van der Waals surface area contributed by atoms with Crippen LogP contribution in [-0.4, -0.2) is 47.7 Å². The molecule has 0 aromatic heterocycles. The standard InChI is InChI=1S/C9H16N2O2/c12-9(13)8-5-7(6-10-8)11-3-1-2-4-11/h7-8,10H,1-6H2,(H,12,13)/t7-,8-/m0/s1. The third kappa shape index (κ3) is 1.84. The van der Waals surface area contributed by atoms with Crippen LogP contribution in [0.2, 0.25) is 0 Å². The van der Waals surface area contributed by atoms with Crippen LogP contribution in [0.3, 0.4) is 0 Å². The Labute approximate surface area is 77.9 Å². The summed E-state index contributed by atoms with van der Waals surface area (Å²) in [6.07, 6.45) is 3.32. The average Bonchev–Trinajstić information content (AvgIpc) is 2.75. The van der Waals surface area contributed by atoms with Gasteiger partial charge in [0.1, 0.15) is 6.04 Å². The fourth-order valence-electron chi connectivity index (χ4n) is 2.29. The number of carbonyl (C=O) groups is 1. The molecule has 2 atom stereocenters. The lowest BCUT2D eigenvalue weighted by atomic mass is 10.1. The Balaban J connectivity index is 1.86. The van der Waals surface area contributed by atoms with Gasteiger partial charge in [0, 0.05) is 12.6 Å². The van der Waals surface area contributed by atoms with Crippen LogP contribution in [-0.2, 0) is 4.79 Å². The van der Waals surface area contributed by atoms with Crippen molar-refractivity contribution in [3.8, 4) is 0 Å². The molecule has 2 fully saturated rings. The molecule has 0 aromatic carbocycles. The van der Waals surface area contributed by atoms with Crippen molar-refractivity contribution in [1.82, 2.24) is 10.2 Å². The van der Waals surface area contributed by atoms with E-state index < -0.39 is 5.97 Å². The van der Waals surface area contributed by atoms with E-state index in [0.29, 0.717) is 6.04 Å². The molecule has 0 unspecified atom stereocenters. The zero-order chi connectivity index (χ0) is 9.26. The maximum Gasteiger partial charge on any atom is 0.320 e. The van der Waals surface area contributed by atoms with E-state index in [-0.39, 0.29) is 6.04 Å². The number of nitrogens with zero attached hydrogens (tertiary/aromatic N) is 1. The Kier molecular flexibility index (Phi) is 2.51. The highest BCUT2D eigenvalue weighted by Crippen LogP contribution is 2.18. The van der Waals surface area contributed by atoms with Gasteiger partial charge in [-0.05, 0) is 32.4 Å². The number of hydrogen-bond donors (Lipinski definition) is 2. The first-order valence-electron chi connectivity index (χ1n) is 4.97. The second-order valence-corrected chi connectivity index (χ2v) is 3.93. The van der Waals surface area contributed by atoms with Gasteiger partial charge in [0.05, 0.1) is 0 Å². The van der Waals surface area contributed by atoms with Gasteiger partial charge in [-0.3, -0.25) is 9.69 Å².